The van der Waals surface area contributed by atoms with Crippen molar-refractivity contribution in [3.8, 4) is 0 Å². The molecule has 0 aliphatic rings. The summed E-state index contributed by atoms with van der Waals surface area (Å²) in [5.41, 5.74) is 8.01. The lowest BCUT2D eigenvalue weighted by atomic mass is 9.98. The highest BCUT2D eigenvalue weighted by Crippen LogP contribution is 2.31. The summed E-state index contributed by atoms with van der Waals surface area (Å²) in [6.45, 7) is 2.12. The van der Waals surface area contributed by atoms with Crippen LogP contribution in [0.5, 0.6) is 0 Å². The zero-order valence-electron chi connectivity index (χ0n) is 9.73. The first-order chi connectivity index (χ1) is 7.77. The van der Waals surface area contributed by atoms with Crippen LogP contribution in [-0.4, -0.2) is 7.11 Å². The maximum Gasteiger partial charge on any atom is 0.0824 e. The fourth-order valence-corrected chi connectivity index (χ4v) is 2.14. The monoisotopic (exact) mass is 215 g/mol. The molecule has 2 aromatic rings. The summed E-state index contributed by atoms with van der Waals surface area (Å²) in [6.07, 6.45) is 1.11. The normalized spacial score (nSPS) is 12.9. The molecule has 0 radical (unpaired) electrons. The smallest absolute Gasteiger partial charge is 0.0824 e. The van der Waals surface area contributed by atoms with Gasteiger partial charge in [0.2, 0.25) is 0 Å². The standard InChI is InChI=1S/C14H17NO/c1-3-14(16-2)12-8-9-13(15)11-7-5-4-6-10(11)12/h4-9,14H,3,15H2,1-2H3/t14-/m0/s1. The summed E-state index contributed by atoms with van der Waals surface area (Å²) < 4.78 is 5.49. The quantitative estimate of drug-likeness (QED) is 0.795. The van der Waals surface area contributed by atoms with Crippen molar-refractivity contribution in [3.63, 3.8) is 0 Å². The van der Waals surface area contributed by atoms with Gasteiger partial charge in [0.05, 0.1) is 6.10 Å². The van der Waals surface area contributed by atoms with E-state index in [2.05, 4.69) is 25.1 Å². The second-order valence-corrected chi connectivity index (χ2v) is 3.92. The third kappa shape index (κ3) is 1.76. The summed E-state index contributed by atoms with van der Waals surface area (Å²) in [5.74, 6) is 0. The molecule has 0 aliphatic carbocycles. The number of ether oxygens (including phenoxy) is 1. The average molecular weight is 215 g/mol. The van der Waals surface area contributed by atoms with Crippen molar-refractivity contribution >= 4 is 16.5 Å². The Hall–Kier alpha value is -1.54. The molecule has 0 saturated heterocycles. The molecule has 0 bridgehead atoms. The van der Waals surface area contributed by atoms with Crippen LogP contribution in [0.4, 0.5) is 5.69 Å². The lowest BCUT2D eigenvalue weighted by molar-refractivity contribution is 0.101. The number of nitrogen functional groups attached to an aromatic ring is 1. The Bertz CT molecular complexity index is 489. The molecule has 1 atom stereocenters. The van der Waals surface area contributed by atoms with Crippen molar-refractivity contribution in [1.82, 2.24) is 0 Å². The lowest BCUT2D eigenvalue weighted by Gasteiger charge is -2.16. The number of nitrogens with two attached hydrogens (primary N) is 1. The first-order valence-electron chi connectivity index (χ1n) is 5.57. The minimum absolute atomic E-state index is 0.144. The van der Waals surface area contributed by atoms with Gasteiger partial charge in [-0.05, 0) is 23.4 Å². The van der Waals surface area contributed by atoms with E-state index in [1.165, 1.54) is 10.9 Å². The summed E-state index contributed by atoms with van der Waals surface area (Å²) in [7, 11) is 1.75. The number of fused-ring (bicyclic) bond motifs is 1. The SMILES string of the molecule is CC[C@H](OC)c1ccc(N)c2ccccc12. The van der Waals surface area contributed by atoms with Crippen LogP contribution in [0.1, 0.15) is 25.0 Å². The van der Waals surface area contributed by atoms with Crippen molar-refractivity contribution in [2.24, 2.45) is 0 Å². The van der Waals surface area contributed by atoms with Gasteiger partial charge in [-0.25, -0.2) is 0 Å². The molecule has 2 aromatic carbocycles. The molecule has 2 N–H and O–H groups in total. The number of hydrogen-bond acceptors (Lipinski definition) is 2. The first kappa shape index (κ1) is 11.0. The highest BCUT2D eigenvalue weighted by Gasteiger charge is 2.12. The van der Waals surface area contributed by atoms with Gasteiger partial charge in [0, 0.05) is 18.2 Å². The second-order valence-electron chi connectivity index (χ2n) is 3.92. The summed E-state index contributed by atoms with van der Waals surface area (Å²) in [5, 5.41) is 2.30. The van der Waals surface area contributed by atoms with Gasteiger partial charge in [-0.15, -0.1) is 0 Å². The number of methoxy groups -OCH3 is 1. The highest BCUT2D eigenvalue weighted by molar-refractivity contribution is 5.95. The third-order valence-electron chi connectivity index (χ3n) is 2.99. The zero-order chi connectivity index (χ0) is 11.5. The molecule has 0 unspecified atom stereocenters. The molecule has 0 aliphatic heterocycles. The molecule has 0 heterocycles. The average Bonchev–Trinajstić information content (AvgIpc) is 2.34. The van der Waals surface area contributed by atoms with Crippen LogP contribution in [0.25, 0.3) is 10.8 Å². The Morgan fingerprint density at radius 3 is 2.44 bits per heavy atom. The van der Waals surface area contributed by atoms with Crippen LogP contribution in [0.15, 0.2) is 36.4 Å². The summed E-state index contributed by atoms with van der Waals surface area (Å²) in [6, 6.07) is 12.2. The molecule has 84 valence electrons. The third-order valence-corrected chi connectivity index (χ3v) is 2.99. The number of anilines is 1. The van der Waals surface area contributed by atoms with Gasteiger partial charge in [0.15, 0.2) is 0 Å². The molecule has 0 saturated carbocycles. The molecule has 0 fully saturated rings. The van der Waals surface area contributed by atoms with Crippen molar-refractivity contribution in [2.45, 2.75) is 19.4 Å². The fourth-order valence-electron chi connectivity index (χ4n) is 2.14. The minimum Gasteiger partial charge on any atom is -0.398 e. The van der Waals surface area contributed by atoms with E-state index in [1.54, 1.807) is 7.11 Å². The van der Waals surface area contributed by atoms with Crippen LogP contribution >= 0.6 is 0 Å². The van der Waals surface area contributed by atoms with E-state index >= 15 is 0 Å². The fraction of sp³-hybridized carbons (Fsp3) is 0.286. The van der Waals surface area contributed by atoms with Crippen LogP contribution in [0.3, 0.4) is 0 Å². The van der Waals surface area contributed by atoms with Crippen molar-refractivity contribution < 1.29 is 4.74 Å². The molecule has 2 rings (SSSR count). The zero-order valence-corrected chi connectivity index (χ0v) is 9.73. The van der Waals surface area contributed by atoms with Gasteiger partial charge >= 0.3 is 0 Å². The van der Waals surface area contributed by atoms with Crippen LogP contribution in [0.2, 0.25) is 0 Å². The van der Waals surface area contributed by atoms with E-state index in [4.69, 9.17) is 10.5 Å². The van der Waals surface area contributed by atoms with E-state index in [0.29, 0.717) is 0 Å². The predicted octanol–water partition coefficient (Wildman–Crippen LogP) is 3.52. The van der Waals surface area contributed by atoms with Crippen molar-refractivity contribution in [2.75, 3.05) is 12.8 Å². The molecule has 16 heavy (non-hydrogen) atoms. The number of rotatable bonds is 3. The topological polar surface area (TPSA) is 35.2 Å². The predicted molar refractivity (Wildman–Crippen MR) is 68.4 cm³/mol. The Balaban J connectivity index is 2.66. The Kier molecular flexibility index (Phi) is 3.11. The Labute approximate surface area is 96.0 Å². The van der Waals surface area contributed by atoms with E-state index in [0.717, 1.165) is 17.5 Å². The Morgan fingerprint density at radius 1 is 1.12 bits per heavy atom. The number of hydrogen-bond donors (Lipinski definition) is 1. The summed E-state index contributed by atoms with van der Waals surface area (Å²) in [4.78, 5) is 0. The van der Waals surface area contributed by atoms with Gasteiger partial charge in [-0.3, -0.25) is 0 Å². The maximum absolute atomic E-state index is 5.97. The van der Waals surface area contributed by atoms with E-state index < -0.39 is 0 Å². The van der Waals surface area contributed by atoms with Crippen LogP contribution in [-0.2, 0) is 4.74 Å². The van der Waals surface area contributed by atoms with Crippen LogP contribution < -0.4 is 5.73 Å². The van der Waals surface area contributed by atoms with Gasteiger partial charge in [0.1, 0.15) is 0 Å². The molecule has 0 spiro atoms. The van der Waals surface area contributed by atoms with Gasteiger partial charge in [-0.1, -0.05) is 37.3 Å². The summed E-state index contributed by atoms with van der Waals surface area (Å²) >= 11 is 0. The largest absolute Gasteiger partial charge is 0.398 e. The van der Waals surface area contributed by atoms with Gasteiger partial charge in [-0.2, -0.15) is 0 Å². The highest BCUT2D eigenvalue weighted by atomic mass is 16.5. The molecule has 2 heteroatoms. The van der Waals surface area contributed by atoms with Gasteiger partial charge in [0.25, 0.3) is 0 Å². The molecule has 0 aromatic heterocycles. The van der Waals surface area contributed by atoms with E-state index in [-0.39, 0.29) is 6.10 Å². The number of benzene rings is 2. The first-order valence-corrected chi connectivity index (χ1v) is 5.57. The minimum atomic E-state index is 0.144. The molecule has 2 nitrogen and oxygen atoms in total. The maximum atomic E-state index is 5.97. The second kappa shape index (κ2) is 4.54. The molecular formula is C14H17NO. The molecule has 0 amide bonds. The van der Waals surface area contributed by atoms with E-state index in [1.807, 2.05) is 18.2 Å². The van der Waals surface area contributed by atoms with E-state index in [9.17, 15) is 0 Å². The van der Waals surface area contributed by atoms with Crippen molar-refractivity contribution in [3.05, 3.63) is 42.0 Å². The van der Waals surface area contributed by atoms with Gasteiger partial charge < -0.3 is 10.5 Å². The van der Waals surface area contributed by atoms with Crippen molar-refractivity contribution in [1.29, 1.82) is 0 Å². The molecular weight excluding hydrogens is 198 g/mol. The lowest BCUT2D eigenvalue weighted by Crippen LogP contribution is -2.01. The Morgan fingerprint density at radius 2 is 1.81 bits per heavy atom. The van der Waals surface area contributed by atoms with Crippen LogP contribution in [0, 0.1) is 0 Å².